The minimum atomic E-state index is -0.433. The lowest BCUT2D eigenvalue weighted by atomic mass is 10.5. The third-order valence-corrected chi connectivity index (χ3v) is 2.43. The van der Waals surface area contributed by atoms with Crippen LogP contribution in [0.4, 0.5) is 11.4 Å². The molecular weight excluding hydrogens is 222 g/mol. The van der Waals surface area contributed by atoms with Crippen LogP contribution in [0.3, 0.4) is 0 Å². The van der Waals surface area contributed by atoms with Crippen molar-refractivity contribution in [2.24, 2.45) is 7.05 Å². The largest absolute Gasteiger partial charge is 0.376 e. The molecule has 0 saturated heterocycles. The van der Waals surface area contributed by atoms with Crippen molar-refractivity contribution >= 4 is 11.4 Å². The summed E-state index contributed by atoms with van der Waals surface area (Å²) in [6, 6.07) is 1.87. The van der Waals surface area contributed by atoms with Crippen LogP contribution in [0.15, 0.2) is 24.7 Å². The Balaban J connectivity index is 2.48. The second-order valence-corrected chi connectivity index (χ2v) is 3.94. The summed E-state index contributed by atoms with van der Waals surface area (Å²) in [5.74, 6) is 0.325. The zero-order chi connectivity index (χ0) is 12.6. The Kier molecular flexibility index (Phi) is 2.58. The molecule has 0 unspecified atom stereocenters. The van der Waals surface area contributed by atoms with Crippen LogP contribution in [0.1, 0.15) is 0 Å². The summed E-state index contributed by atoms with van der Waals surface area (Å²) >= 11 is 0. The first-order valence-electron chi connectivity index (χ1n) is 5.03. The number of aryl methyl sites for hydroxylation is 1. The Labute approximate surface area is 98.0 Å². The predicted molar refractivity (Wildman–Crippen MR) is 63.5 cm³/mol. The lowest BCUT2D eigenvalue weighted by molar-refractivity contribution is -0.384. The zero-order valence-corrected chi connectivity index (χ0v) is 9.86. The van der Waals surface area contributed by atoms with Crippen molar-refractivity contribution in [3.8, 4) is 5.82 Å². The average Bonchev–Trinajstić information content (AvgIpc) is 2.82. The lowest BCUT2D eigenvalue weighted by Gasteiger charge is -2.07. The third-order valence-electron chi connectivity index (χ3n) is 2.43. The van der Waals surface area contributed by atoms with Crippen molar-refractivity contribution in [3.05, 3.63) is 34.8 Å². The van der Waals surface area contributed by atoms with Gasteiger partial charge in [0.1, 0.15) is 6.20 Å². The standard InChI is InChI=1S/C10H13N5O2/c1-12(2)8-4-5-14(6-8)10-9(15(16)17)7-13(3)11-10/h4-7H,1-3H3. The topological polar surface area (TPSA) is 69.1 Å². The van der Waals surface area contributed by atoms with E-state index >= 15 is 0 Å². The van der Waals surface area contributed by atoms with Gasteiger partial charge in [0.25, 0.3) is 0 Å². The van der Waals surface area contributed by atoms with E-state index in [0.29, 0.717) is 5.82 Å². The Morgan fingerprint density at radius 3 is 2.65 bits per heavy atom. The SMILES string of the molecule is CN(C)c1ccn(-c2nn(C)cc2[N+](=O)[O-])c1. The van der Waals surface area contributed by atoms with E-state index in [0.717, 1.165) is 5.69 Å². The lowest BCUT2D eigenvalue weighted by Crippen LogP contribution is -2.07. The summed E-state index contributed by atoms with van der Waals surface area (Å²) in [6.45, 7) is 0. The molecule has 0 aromatic carbocycles. The van der Waals surface area contributed by atoms with E-state index in [2.05, 4.69) is 5.10 Å². The van der Waals surface area contributed by atoms with Crippen molar-refractivity contribution in [2.45, 2.75) is 0 Å². The van der Waals surface area contributed by atoms with Crippen LogP contribution in [0.2, 0.25) is 0 Å². The highest BCUT2D eigenvalue weighted by Gasteiger charge is 2.20. The number of nitrogens with zero attached hydrogens (tertiary/aromatic N) is 5. The van der Waals surface area contributed by atoms with Crippen LogP contribution >= 0.6 is 0 Å². The van der Waals surface area contributed by atoms with Gasteiger partial charge in [-0.3, -0.25) is 19.4 Å². The fraction of sp³-hybridized carbons (Fsp3) is 0.300. The highest BCUT2D eigenvalue weighted by atomic mass is 16.6. The van der Waals surface area contributed by atoms with Crippen molar-refractivity contribution < 1.29 is 4.92 Å². The van der Waals surface area contributed by atoms with Gasteiger partial charge >= 0.3 is 5.69 Å². The number of anilines is 1. The molecule has 0 atom stereocenters. The molecule has 7 heteroatoms. The van der Waals surface area contributed by atoms with Gasteiger partial charge in [-0.15, -0.1) is 5.10 Å². The van der Waals surface area contributed by atoms with Crippen LogP contribution in [0.25, 0.3) is 5.82 Å². The van der Waals surface area contributed by atoms with Gasteiger partial charge in [-0.2, -0.15) is 0 Å². The first-order chi connectivity index (χ1) is 7.99. The molecule has 0 aliphatic rings. The van der Waals surface area contributed by atoms with E-state index in [4.69, 9.17) is 0 Å². The van der Waals surface area contributed by atoms with Crippen molar-refractivity contribution in [3.63, 3.8) is 0 Å². The van der Waals surface area contributed by atoms with E-state index in [1.54, 1.807) is 24.0 Å². The maximum atomic E-state index is 10.9. The third kappa shape index (κ3) is 1.99. The van der Waals surface area contributed by atoms with Gasteiger partial charge < -0.3 is 4.90 Å². The van der Waals surface area contributed by atoms with E-state index in [1.807, 2.05) is 25.1 Å². The van der Waals surface area contributed by atoms with Crippen LogP contribution in [-0.2, 0) is 7.05 Å². The summed E-state index contributed by atoms with van der Waals surface area (Å²) in [4.78, 5) is 12.4. The van der Waals surface area contributed by atoms with Gasteiger partial charge in [0, 0.05) is 33.5 Å². The van der Waals surface area contributed by atoms with Gasteiger partial charge in [0.2, 0.25) is 5.82 Å². The van der Waals surface area contributed by atoms with Crippen LogP contribution in [0, 0.1) is 10.1 Å². The first kappa shape index (κ1) is 11.2. The minimum Gasteiger partial charge on any atom is -0.376 e. The molecule has 0 aliphatic carbocycles. The first-order valence-corrected chi connectivity index (χ1v) is 5.03. The Bertz CT molecular complexity index is 555. The molecule has 2 aromatic rings. The molecule has 2 heterocycles. The highest BCUT2D eigenvalue weighted by Crippen LogP contribution is 2.23. The fourth-order valence-electron chi connectivity index (χ4n) is 1.56. The number of aromatic nitrogens is 3. The minimum absolute atomic E-state index is 0.00611. The second kappa shape index (κ2) is 3.93. The smallest absolute Gasteiger partial charge is 0.331 e. The Morgan fingerprint density at radius 2 is 2.12 bits per heavy atom. The molecule has 90 valence electrons. The monoisotopic (exact) mass is 235 g/mol. The van der Waals surface area contributed by atoms with Crippen molar-refractivity contribution in [2.75, 3.05) is 19.0 Å². The maximum Gasteiger partial charge on any atom is 0.331 e. The summed E-state index contributed by atoms with van der Waals surface area (Å²) < 4.78 is 3.08. The van der Waals surface area contributed by atoms with E-state index < -0.39 is 4.92 Å². The predicted octanol–water partition coefficient (Wildman–Crippen LogP) is 1.18. The fourth-order valence-corrected chi connectivity index (χ4v) is 1.56. The molecule has 0 fully saturated rings. The maximum absolute atomic E-state index is 10.9. The molecule has 0 amide bonds. The Hall–Kier alpha value is -2.31. The molecule has 0 spiro atoms. The molecule has 17 heavy (non-hydrogen) atoms. The second-order valence-electron chi connectivity index (χ2n) is 3.94. The molecule has 0 N–H and O–H groups in total. The molecule has 0 aliphatic heterocycles. The van der Waals surface area contributed by atoms with Crippen LogP contribution in [-0.4, -0.2) is 33.4 Å². The van der Waals surface area contributed by atoms with Gasteiger partial charge in [-0.25, -0.2) is 0 Å². The van der Waals surface area contributed by atoms with Crippen molar-refractivity contribution in [1.29, 1.82) is 0 Å². The number of nitro groups is 1. The average molecular weight is 235 g/mol. The molecule has 0 radical (unpaired) electrons. The zero-order valence-electron chi connectivity index (χ0n) is 9.86. The number of rotatable bonds is 3. The number of hydrogen-bond donors (Lipinski definition) is 0. The van der Waals surface area contributed by atoms with Gasteiger partial charge in [0.05, 0.1) is 10.6 Å². The molecule has 0 bridgehead atoms. The van der Waals surface area contributed by atoms with Gasteiger partial charge in [-0.1, -0.05) is 0 Å². The molecule has 7 nitrogen and oxygen atoms in total. The van der Waals surface area contributed by atoms with E-state index in [-0.39, 0.29) is 5.69 Å². The summed E-state index contributed by atoms with van der Waals surface area (Å²) in [5.41, 5.74) is 0.957. The highest BCUT2D eigenvalue weighted by molar-refractivity contribution is 5.51. The summed E-state index contributed by atoms with van der Waals surface area (Å²) in [7, 11) is 5.48. The van der Waals surface area contributed by atoms with E-state index in [9.17, 15) is 10.1 Å². The van der Waals surface area contributed by atoms with Crippen LogP contribution in [0.5, 0.6) is 0 Å². The summed E-state index contributed by atoms with van der Waals surface area (Å²) in [5, 5.41) is 15.0. The molecular formula is C10H13N5O2. The molecule has 0 saturated carbocycles. The van der Waals surface area contributed by atoms with Gasteiger partial charge in [-0.05, 0) is 6.07 Å². The molecule has 2 aromatic heterocycles. The van der Waals surface area contributed by atoms with Crippen LogP contribution < -0.4 is 4.90 Å². The molecule has 2 rings (SSSR count). The normalized spacial score (nSPS) is 10.5. The summed E-state index contributed by atoms with van der Waals surface area (Å²) in [6.07, 6.45) is 4.95. The Morgan fingerprint density at radius 1 is 1.41 bits per heavy atom. The quantitative estimate of drug-likeness (QED) is 0.591. The van der Waals surface area contributed by atoms with E-state index in [1.165, 1.54) is 10.9 Å². The van der Waals surface area contributed by atoms with Gasteiger partial charge in [0.15, 0.2) is 0 Å². The number of hydrogen-bond acceptors (Lipinski definition) is 4. The van der Waals surface area contributed by atoms with Crippen molar-refractivity contribution in [1.82, 2.24) is 14.3 Å².